The molecule has 2 aromatic rings. The molecule has 25 heavy (non-hydrogen) atoms. The molecule has 1 aromatic carbocycles. The van der Waals surface area contributed by atoms with Gasteiger partial charge in [0.1, 0.15) is 23.7 Å². The van der Waals surface area contributed by atoms with Crippen LogP contribution < -0.4 is 15.2 Å². The van der Waals surface area contributed by atoms with Crippen molar-refractivity contribution in [3.8, 4) is 17.4 Å². The zero-order valence-electron chi connectivity index (χ0n) is 12.7. The maximum absolute atomic E-state index is 12.6. The van der Waals surface area contributed by atoms with Gasteiger partial charge in [-0.05, 0) is 18.2 Å². The van der Waals surface area contributed by atoms with Crippen molar-refractivity contribution >= 4 is 21.8 Å². The molecule has 0 fully saturated rings. The van der Waals surface area contributed by atoms with Gasteiger partial charge in [0.2, 0.25) is 5.88 Å². The molecule has 2 aliphatic rings. The number of ether oxygens (including phenoxy) is 3. The first kappa shape index (κ1) is 16.2. The molecule has 2 aliphatic heterocycles. The van der Waals surface area contributed by atoms with Gasteiger partial charge in [-0.1, -0.05) is 15.9 Å². The van der Waals surface area contributed by atoms with Gasteiger partial charge in [-0.3, -0.25) is 4.99 Å². The second-order valence-electron chi connectivity index (χ2n) is 5.60. The van der Waals surface area contributed by atoms with Crippen LogP contribution in [0.25, 0.3) is 0 Å². The molecule has 0 unspecified atom stereocenters. The summed E-state index contributed by atoms with van der Waals surface area (Å²) < 4.78 is 41.9. The molecule has 0 radical (unpaired) electrons. The summed E-state index contributed by atoms with van der Waals surface area (Å²) in [6.07, 6.45) is 1.33. The fourth-order valence-electron chi connectivity index (χ4n) is 3.05. The van der Waals surface area contributed by atoms with Gasteiger partial charge in [0.05, 0.1) is 12.8 Å². The van der Waals surface area contributed by atoms with Gasteiger partial charge in [-0.2, -0.15) is 8.78 Å². The number of rotatable bonds is 2. The Hall–Kier alpha value is -2.26. The number of alkyl halides is 2. The average Bonchev–Trinajstić information content (AvgIpc) is 2.56. The Morgan fingerprint density at radius 2 is 2.04 bits per heavy atom. The minimum atomic E-state index is -2.98. The van der Waals surface area contributed by atoms with E-state index in [0.717, 1.165) is 4.47 Å². The first-order valence-electron chi connectivity index (χ1n) is 7.33. The van der Waals surface area contributed by atoms with Crippen molar-refractivity contribution in [1.82, 2.24) is 4.98 Å². The summed E-state index contributed by atoms with van der Waals surface area (Å²) in [7, 11) is 0. The molecular weight excluding hydrogens is 400 g/mol. The van der Waals surface area contributed by atoms with Gasteiger partial charge in [0.15, 0.2) is 5.75 Å². The van der Waals surface area contributed by atoms with E-state index in [4.69, 9.17) is 15.2 Å². The Bertz CT molecular complexity index is 878. The molecule has 1 spiro atoms. The van der Waals surface area contributed by atoms with Gasteiger partial charge < -0.3 is 19.9 Å². The Kier molecular flexibility index (Phi) is 3.84. The minimum Gasteiger partial charge on any atom is -0.455 e. The maximum atomic E-state index is 12.6. The van der Waals surface area contributed by atoms with E-state index >= 15 is 0 Å². The number of halogens is 3. The van der Waals surface area contributed by atoms with Crippen LogP contribution in [0.3, 0.4) is 0 Å². The highest BCUT2D eigenvalue weighted by molar-refractivity contribution is 9.10. The highest BCUT2D eigenvalue weighted by atomic mass is 79.9. The number of nitrogens with two attached hydrogens (primary N) is 1. The number of fused-ring (bicyclic) bond motifs is 4. The largest absolute Gasteiger partial charge is 0.455 e. The molecule has 0 bridgehead atoms. The SMILES string of the molecule is NC1=N[C@@]2(COC1)c1cc(Br)ccc1Oc1cnc(OC(F)F)cc12. The third kappa shape index (κ3) is 2.73. The van der Waals surface area contributed by atoms with Crippen molar-refractivity contribution < 1.29 is 23.0 Å². The number of nitrogens with zero attached hydrogens (tertiary/aromatic N) is 2. The summed E-state index contributed by atoms with van der Waals surface area (Å²) in [5.41, 5.74) is 6.12. The fourth-order valence-corrected chi connectivity index (χ4v) is 3.41. The van der Waals surface area contributed by atoms with Gasteiger partial charge >= 0.3 is 6.61 Å². The summed E-state index contributed by atoms with van der Waals surface area (Å²) in [6, 6.07) is 6.85. The molecule has 3 heterocycles. The van der Waals surface area contributed by atoms with Crippen LogP contribution in [0.15, 0.2) is 39.9 Å². The zero-order chi connectivity index (χ0) is 17.6. The number of aromatic nitrogens is 1. The van der Waals surface area contributed by atoms with E-state index in [0.29, 0.717) is 28.5 Å². The summed E-state index contributed by atoms with van der Waals surface area (Å²) in [5.74, 6) is 1.04. The van der Waals surface area contributed by atoms with Crippen LogP contribution in [0.1, 0.15) is 11.1 Å². The first-order chi connectivity index (χ1) is 12.0. The van der Waals surface area contributed by atoms with Crippen molar-refractivity contribution in [1.29, 1.82) is 0 Å². The Labute approximate surface area is 149 Å². The van der Waals surface area contributed by atoms with Crippen LogP contribution in [0.5, 0.6) is 17.4 Å². The quantitative estimate of drug-likeness (QED) is 0.820. The van der Waals surface area contributed by atoms with Gasteiger partial charge in [-0.25, -0.2) is 4.98 Å². The molecule has 0 aliphatic carbocycles. The van der Waals surface area contributed by atoms with Crippen LogP contribution in [0.4, 0.5) is 8.78 Å². The lowest BCUT2D eigenvalue weighted by Crippen LogP contribution is -2.42. The third-order valence-corrected chi connectivity index (χ3v) is 4.49. The van der Waals surface area contributed by atoms with Gasteiger partial charge in [0, 0.05) is 21.7 Å². The normalized spacial score (nSPS) is 21.4. The highest BCUT2D eigenvalue weighted by Gasteiger charge is 2.45. The number of hydrogen-bond donors (Lipinski definition) is 1. The standard InChI is InChI=1S/C16H12BrF2N3O3/c17-8-1-2-11-9(3-8)16(7-23-6-13(20)22-16)10-4-14(25-15(18)19)21-5-12(10)24-11/h1-5,15H,6-7H2,(H2,20,22)/t16-/m0/s1. The van der Waals surface area contributed by atoms with E-state index < -0.39 is 12.2 Å². The molecular formula is C16H12BrF2N3O3. The highest BCUT2D eigenvalue weighted by Crippen LogP contribution is 2.51. The van der Waals surface area contributed by atoms with E-state index in [-0.39, 0.29) is 19.1 Å². The average molecular weight is 412 g/mol. The summed E-state index contributed by atoms with van der Waals surface area (Å²) >= 11 is 3.43. The van der Waals surface area contributed by atoms with Crippen LogP contribution >= 0.6 is 15.9 Å². The Morgan fingerprint density at radius 1 is 1.24 bits per heavy atom. The molecule has 0 amide bonds. The van der Waals surface area contributed by atoms with Crippen molar-refractivity contribution in [2.75, 3.05) is 13.2 Å². The lowest BCUT2D eigenvalue weighted by Gasteiger charge is -2.39. The molecule has 1 atom stereocenters. The van der Waals surface area contributed by atoms with Gasteiger partial charge in [0.25, 0.3) is 0 Å². The predicted molar refractivity (Wildman–Crippen MR) is 88.3 cm³/mol. The predicted octanol–water partition coefficient (Wildman–Crippen LogP) is 3.18. The smallest absolute Gasteiger partial charge is 0.388 e. The molecule has 0 saturated carbocycles. The fraction of sp³-hybridized carbons (Fsp3) is 0.250. The van der Waals surface area contributed by atoms with E-state index in [1.807, 2.05) is 12.1 Å². The van der Waals surface area contributed by atoms with E-state index in [1.165, 1.54) is 12.3 Å². The Balaban J connectivity index is 1.95. The maximum Gasteiger partial charge on any atom is 0.388 e. The molecule has 0 saturated heterocycles. The van der Waals surface area contributed by atoms with Gasteiger partial charge in [-0.15, -0.1) is 0 Å². The van der Waals surface area contributed by atoms with Crippen molar-refractivity contribution in [3.05, 3.63) is 46.1 Å². The molecule has 2 N–H and O–H groups in total. The molecule has 4 rings (SSSR count). The Morgan fingerprint density at radius 3 is 2.80 bits per heavy atom. The number of amidine groups is 1. The number of benzene rings is 1. The number of pyridine rings is 1. The lowest BCUT2D eigenvalue weighted by molar-refractivity contribution is -0.0530. The third-order valence-electron chi connectivity index (χ3n) is 4.00. The molecule has 1 aromatic heterocycles. The number of hydrogen-bond acceptors (Lipinski definition) is 6. The van der Waals surface area contributed by atoms with E-state index in [1.54, 1.807) is 6.07 Å². The lowest BCUT2D eigenvalue weighted by atomic mass is 9.81. The zero-order valence-corrected chi connectivity index (χ0v) is 14.3. The second-order valence-corrected chi connectivity index (χ2v) is 6.51. The minimum absolute atomic E-state index is 0.186. The number of aliphatic imine (C=N–C) groups is 1. The van der Waals surface area contributed by atoms with Crippen LogP contribution in [-0.4, -0.2) is 30.6 Å². The van der Waals surface area contributed by atoms with Crippen molar-refractivity contribution in [3.63, 3.8) is 0 Å². The van der Waals surface area contributed by atoms with Crippen LogP contribution in [-0.2, 0) is 10.3 Å². The monoisotopic (exact) mass is 411 g/mol. The molecule has 130 valence electrons. The first-order valence-corrected chi connectivity index (χ1v) is 8.12. The topological polar surface area (TPSA) is 79.0 Å². The van der Waals surface area contributed by atoms with Crippen molar-refractivity contribution in [2.24, 2.45) is 10.7 Å². The van der Waals surface area contributed by atoms with Crippen molar-refractivity contribution in [2.45, 2.75) is 12.2 Å². The van der Waals surface area contributed by atoms with Crippen LogP contribution in [0, 0.1) is 0 Å². The summed E-state index contributed by atoms with van der Waals surface area (Å²) in [5, 5.41) is 0. The van der Waals surface area contributed by atoms with E-state index in [9.17, 15) is 8.78 Å². The molecule has 9 heteroatoms. The van der Waals surface area contributed by atoms with Crippen LogP contribution in [0.2, 0.25) is 0 Å². The van der Waals surface area contributed by atoms with E-state index in [2.05, 4.69) is 30.6 Å². The second kappa shape index (κ2) is 5.92. The summed E-state index contributed by atoms with van der Waals surface area (Å²) in [4.78, 5) is 8.48. The summed E-state index contributed by atoms with van der Waals surface area (Å²) in [6.45, 7) is -2.60. The molecule has 6 nitrogen and oxygen atoms in total.